The van der Waals surface area contributed by atoms with Gasteiger partial charge < -0.3 is 9.30 Å². The molecule has 2 aromatic heterocycles. The van der Waals surface area contributed by atoms with Gasteiger partial charge in [0.1, 0.15) is 5.82 Å². The van der Waals surface area contributed by atoms with Crippen LogP contribution < -0.4 is 0 Å². The third kappa shape index (κ3) is 4.00. The standard InChI is InChI=1S/C17H24N4OS/c1-13-19-16(12-23-13)8-20-6-15(11-22-10-14-2-3-14)7-21-5-4-18-17(21)9-20/h4-5,12,14-15H,2-3,6-11H2,1H3/t15-/m1/s1. The second-order valence-corrected chi connectivity index (χ2v) is 7.93. The number of nitrogens with zero attached hydrogens (tertiary/aromatic N) is 4. The van der Waals surface area contributed by atoms with Crippen molar-refractivity contribution in [2.45, 2.75) is 39.4 Å². The average Bonchev–Trinajstić information content (AvgIpc) is 3.16. The molecule has 0 unspecified atom stereocenters. The fraction of sp³-hybridized carbons (Fsp3) is 0.647. The number of hydrogen-bond acceptors (Lipinski definition) is 5. The summed E-state index contributed by atoms with van der Waals surface area (Å²) in [6, 6.07) is 0. The van der Waals surface area contributed by atoms with E-state index in [1.807, 2.05) is 6.20 Å². The minimum atomic E-state index is 0.518. The van der Waals surface area contributed by atoms with Gasteiger partial charge in [-0.1, -0.05) is 0 Å². The molecule has 124 valence electrons. The Morgan fingerprint density at radius 2 is 2.13 bits per heavy atom. The van der Waals surface area contributed by atoms with Crippen LogP contribution in [0.5, 0.6) is 0 Å². The van der Waals surface area contributed by atoms with Gasteiger partial charge in [0, 0.05) is 49.9 Å². The Morgan fingerprint density at radius 1 is 1.26 bits per heavy atom. The van der Waals surface area contributed by atoms with Gasteiger partial charge in [-0.15, -0.1) is 11.3 Å². The van der Waals surface area contributed by atoms with Crippen LogP contribution in [-0.2, 0) is 24.4 Å². The Labute approximate surface area is 141 Å². The lowest BCUT2D eigenvalue weighted by molar-refractivity contribution is 0.0703. The maximum absolute atomic E-state index is 5.97. The largest absolute Gasteiger partial charge is 0.381 e. The van der Waals surface area contributed by atoms with E-state index in [1.165, 1.54) is 18.5 Å². The lowest BCUT2D eigenvalue weighted by Crippen LogP contribution is -2.30. The number of aryl methyl sites for hydroxylation is 1. The molecule has 1 aliphatic carbocycles. The SMILES string of the molecule is Cc1nc(CN2Cc3nccn3C[C@H](COCC3CC3)C2)cs1. The van der Waals surface area contributed by atoms with Crippen molar-refractivity contribution >= 4 is 11.3 Å². The van der Waals surface area contributed by atoms with Crippen molar-refractivity contribution < 1.29 is 4.74 Å². The number of ether oxygens (including phenoxy) is 1. The monoisotopic (exact) mass is 332 g/mol. The Balaban J connectivity index is 1.42. The molecular formula is C17H24N4OS. The highest BCUT2D eigenvalue weighted by Gasteiger charge is 2.25. The number of hydrogen-bond donors (Lipinski definition) is 0. The molecule has 1 saturated carbocycles. The molecular weight excluding hydrogens is 308 g/mol. The maximum Gasteiger partial charge on any atom is 0.122 e. The van der Waals surface area contributed by atoms with E-state index in [0.29, 0.717) is 5.92 Å². The normalized spacial score (nSPS) is 22.0. The van der Waals surface area contributed by atoms with Crippen LogP contribution in [0.1, 0.15) is 29.4 Å². The summed E-state index contributed by atoms with van der Waals surface area (Å²) < 4.78 is 8.26. The second kappa shape index (κ2) is 6.71. The van der Waals surface area contributed by atoms with Crippen LogP contribution in [0.3, 0.4) is 0 Å². The molecule has 0 saturated heterocycles. The molecule has 0 aromatic carbocycles. The summed E-state index contributed by atoms with van der Waals surface area (Å²) in [6.45, 7) is 7.70. The Morgan fingerprint density at radius 3 is 2.91 bits per heavy atom. The first kappa shape index (κ1) is 15.3. The molecule has 3 heterocycles. The quantitative estimate of drug-likeness (QED) is 0.816. The van der Waals surface area contributed by atoms with Crippen molar-refractivity contribution in [1.29, 1.82) is 0 Å². The number of imidazole rings is 1. The first-order valence-corrected chi connectivity index (χ1v) is 9.35. The van der Waals surface area contributed by atoms with E-state index in [1.54, 1.807) is 11.3 Å². The van der Waals surface area contributed by atoms with Crippen LogP contribution in [0.2, 0.25) is 0 Å². The van der Waals surface area contributed by atoms with E-state index in [2.05, 4.69) is 37.9 Å². The van der Waals surface area contributed by atoms with Crippen LogP contribution in [0.15, 0.2) is 17.8 Å². The zero-order chi connectivity index (χ0) is 15.6. The number of thiazole rings is 1. The molecule has 4 rings (SSSR count). The third-order valence-corrected chi connectivity index (χ3v) is 5.42. The molecule has 0 amide bonds. The molecule has 0 N–H and O–H groups in total. The van der Waals surface area contributed by atoms with E-state index in [4.69, 9.17) is 4.74 Å². The van der Waals surface area contributed by atoms with E-state index >= 15 is 0 Å². The molecule has 1 fully saturated rings. The highest BCUT2D eigenvalue weighted by Crippen LogP contribution is 2.29. The van der Waals surface area contributed by atoms with E-state index < -0.39 is 0 Å². The lowest BCUT2D eigenvalue weighted by atomic mass is 10.1. The summed E-state index contributed by atoms with van der Waals surface area (Å²) in [7, 11) is 0. The topological polar surface area (TPSA) is 43.2 Å². The predicted molar refractivity (Wildman–Crippen MR) is 90.2 cm³/mol. The van der Waals surface area contributed by atoms with Crippen molar-refractivity contribution in [3.63, 3.8) is 0 Å². The van der Waals surface area contributed by atoms with E-state index in [9.17, 15) is 0 Å². The fourth-order valence-electron chi connectivity index (χ4n) is 3.25. The molecule has 5 nitrogen and oxygen atoms in total. The van der Waals surface area contributed by atoms with Gasteiger partial charge in [-0.2, -0.15) is 0 Å². The zero-order valence-electron chi connectivity index (χ0n) is 13.6. The zero-order valence-corrected chi connectivity index (χ0v) is 14.5. The summed E-state index contributed by atoms with van der Waals surface area (Å²) in [5, 5.41) is 3.31. The van der Waals surface area contributed by atoms with E-state index in [0.717, 1.165) is 56.1 Å². The van der Waals surface area contributed by atoms with Gasteiger partial charge in [-0.25, -0.2) is 9.97 Å². The molecule has 0 bridgehead atoms. The van der Waals surface area contributed by atoms with Crippen molar-refractivity contribution in [2.24, 2.45) is 11.8 Å². The van der Waals surface area contributed by atoms with Gasteiger partial charge >= 0.3 is 0 Å². The summed E-state index contributed by atoms with van der Waals surface area (Å²) in [5.41, 5.74) is 1.17. The number of rotatable bonds is 6. The lowest BCUT2D eigenvalue weighted by Gasteiger charge is -2.23. The minimum Gasteiger partial charge on any atom is -0.381 e. The number of fused-ring (bicyclic) bond motifs is 1. The maximum atomic E-state index is 5.97. The summed E-state index contributed by atoms with van der Waals surface area (Å²) in [5.74, 6) is 2.50. The summed E-state index contributed by atoms with van der Waals surface area (Å²) >= 11 is 1.73. The van der Waals surface area contributed by atoms with Gasteiger partial charge in [0.05, 0.1) is 23.9 Å². The van der Waals surface area contributed by atoms with Crippen molar-refractivity contribution in [3.8, 4) is 0 Å². The van der Waals surface area contributed by atoms with Crippen LogP contribution in [0.25, 0.3) is 0 Å². The Bertz CT molecular complexity index is 649. The van der Waals surface area contributed by atoms with Crippen LogP contribution in [0.4, 0.5) is 0 Å². The molecule has 23 heavy (non-hydrogen) atoms. The highest BCUT2D eigenvalue weighted by molar-refractivity contribution is 7.09. The van der Waals surface area contributed by atoms with Crippen molar-refractivity contribution in [3.05, 3.63) is 34.3 Å². The van der Waals surface area contributed by atoms with Gasteiger partial charge in [-0.3, -0.25) is 4.90 Å². The second-order valence-electron chi connectivity index (χ2n) is 6.87. The summed E-state index contributed by atoms with van der Waals surface area (Å²) in [4.78, 5) is 11.6. The molecule has 0 spiro atoms. The van der Waals surface area contributed by atoms with Crippen LogP contribution >= 0.6 is 11.3 Å². The third-order valence-electron chi connectivity index (χ3n) is 4.59. The van der Waals surface area contributed by atoms with Gasteiger partial charge in [0.15, 0.2) is 0 Å². The Kier molecular flexibility index (Phi) is 4.46. The average molecular weight is 332 g/mol. The molecule has 1 aliphatic heterocycles. The van der Waals surface area contributed by atoms with Gasteiger partial charge in [0.25, 0.3) is 0 Å². The van der Waals surface area contributed by atoms with Crippen molar-refractivity contribution in [1.82, 2.24) is 19.4 Å². The molecule has 1 atom stereocenters. The van der Waals surface area contributed by atoms with Gasteiger partial charge in [0.2, 0.25) is 0 Å². The molecule has 2 aromatic rings. The smallest absolute Gasteiger partial charge is 0.122 e. The van der Waals surface area contributed by atoms with E-state index in [-0.39, 0.29) is 0 Å². The first-order valence-electron chi connectivity index (χ1n) is 8.47. The molecule has 2 aliphatic rings. The predicted octanol–water partition coefficient (Wildman–Crippen LogP) is 2.71. The van der Waals surface area contributed by atoms with Gasteiger partial charge in [-0.05, 0) is 25.7 Å². The number of aromatic nitrogens is 3. The Hall–Kier alpha value is -1.24. The van der Waals surface area contributed by atoms with Crippen molar-refractivity contribution in [2.75, 3.05) is 19.8 Å². The van der Waals surface area contributed by atoms with Crippen LogP contribution in [-0.4, -0.2) is 39.2 Å². The fourth-order valence-corrected chi connectivity index (χ4v) is 3.85. The molecule has 6 heteroatoms. The first-order chi connectivity index (χ1) is 11.3. The summed E-state index contributed by atoms with van der Waals surface area (Å²) in [6.07, 6.45) is 6.71. The van der Waals surface area contributed by atoms with Crippen LogP contribution in [0, 0.1) is 18.8 Å². The highest BCUT2D eigenvalue weighted by atomic mass is 32.1. The minimum absolute atomic E-state index is 0.518. The molecule has 0 radical (unpaired) electrons.